The van der Waals surface area contributed by atoms with E-state index in [2.05, 4.69) is 6.92 Å². The van der Waals surface area contributed by atoms with Crippen molar-refractivity contribution in [2.75, 3.05) is 6.79 Å². The Kier molecular flexibility index (Phi) is 7.32. The minimum Gasteiger partial charge on any atom is -0.318 e. The average Bonchev–Trinajstić information content (AvgIpc) is 2.87. The molecule has 2 atom stereocenters. The predicted molar refractivity (Wildman–Crippen MR) is 80.0 cm³/mol. The number of hydrogen-bond donors (Lipinski definition) is 0. The van der Waals surface area contributed by atoms with Gasteiger partial charge in [0.1, 0.15) is 0 Å². The summed E-state index contributed by atoms with van der Waals surface area (Å²) in [5.74, 6) is 0.210. The van der Waals surface area contributed by atoms with Gasteiger partial charge in [0, 0.05) is 12.8 Å². The van der Waals surface area contributed by atoms with Crippen molar-refractivity contribution >= 4 is 0 Å². The molecule has 0 N–H and O–H groups in total. The zero-order valence-electron chi connectivity index (χ0n) is 13.2. The summed E-state index contributed by atoms with van der Waals surface area (Å²) < 4.78 is 5.79. The Labute approximate surface area is 124 Å². The summed E-state index contributed by atoms with van der Waals surface area (Å²) in [6, 6.07) is 0. The second-order valence-corrected chi connectivity index (χ2v) is 6.76. The SMILES string of the molecule is CC1CCCCCCCCCCCCC2(C1)OCOO2. The van der Waals surface area contributed by atoms with Crippen LogP contribution in [-0.4, -0.2) is 12.6 Å². The normalized spacial score (nSPS) is 35.5. The van der Waals surface area contributed by atoms with E-state index in [-0.39, 0.29) is 0 Å². The van der Waals surface area contributed by atoms with E-state index in [0.717, 1.165) is 12.8 Å². The lowest BCUT2D eigenvalue weighted by Crippen LogP contribution is -2.32. The fraction of sp³-hybridized carbons (Fsp3) is 1.00. The molecular weight excluding hydrogens is 252 g/mol. The maximum absolute atomic E-state index is 5.79. The van der Waals surface area contributed by atoms with Crippen molar-refractivity contribution in [2.24, 2.45) is 5.92 Å². The van der Waals surface area contributed by atoms with Crippen LogP contribution >= 0.6 is 0 Å². The second kappa shape index (κ2) is 9.01. The van der Waals surface area contributed by atoms with E-state index in [9.17, 15) is 0 Å². The van der Waals surface area contributed by atoms with Gasteiger partial charge in [-0.3, -0.25) is 0 Å². The maximum atomic E-state index is 5.79. The van der Waals surface area contributed by atoms with Crippen molar-refractivity contribution < 1.29 is 14.5 Å². The van der Waals surface area contributed by atoms with Crippen LogP contribution in [0, 0.1) is 5.92 Å². The van der Waals surface area contributed by atoms with Crippen LogP contribution in [0.25, 0.3) is 0 Å². The molecule has 0 aromatic heterocycles. The van der Waals surface area contributed by atoms with E-state index in [1.165, 1.54) is 70.6 Å². The highest BCUT2D eigenvalue weighted by atomic mass is 17.3. The van der Waals surface area contributed by atoms with E-state index in [1.54, 1.807) is 0 Å². The topological polar surface area (TPSA) is 27.7 Å². The highest BCUT2D eigenvalue weighted by Crippen LogP contribution is 2.35. The molecule has 1 saturated heterocycles. The van der Waals surface area contributed by atoms with Gasteiger partial charge in [-0.05, 0) is 12.3 Å². The minimum atomic E-state index is -0.445. The van der Waals surface area contributed by atoms with Crippen LogP contribution in [0.3, 0.4) is 0 Å². The van der Waals surface area contributed by atoms with Crippen LogP contribution in [0.15, 0.2) is 0 Å². The van der Waals surface area contributed by atoms with Gasteiger partial charge in [-0.15, -0.1) is 0 Å². The largest absolute Gasteiger partial charge is 0.318 e. The van der Waals surface area contributed by atoms with Gasteiger partial charge in [-0.1, -0.05) is 71.1 Å². The molecule has 1 heterocycles. The van der Waals surface area contributed by atoms with Gasteiger partial charge in [0.25, 0.3) is 0 Å². The molecule has 1 aliphatic carbocycles. The maximum Gasteiger partial charge on any atom is 0.204 e. The monoisotopic (exact) mass is 284 g/mol. The van der Waals surface area contributed by atoms with E-state index in [4.69, 9.17) is 14.5 Å². The first-order valence-electron chi connectivity index (χ1n) is 8.75. The second-order valence-electron chi connectivity index (χ2n) is 6.76. The van der Waals surface area contributed by atoms with Crippen molar-refractivity contribution in [2.45, 2.75) is 96.2 Å². The predicted octanol–water partition coefficient (Wildman–Crippen LogP) is 5.34. The molecule has 2 aliphatic rings. The first-order chi connectivity index (χ1) is 9.81. The molecule has 2 unspecified atom stereocenters. The van der Waals surface area contributed by atoms with E-state index >= 15 is 0 Å². The summed E-state index contributed by atoms with van der Waals surface area (Å²) in [5.41, 5.74) is 0. The van der Waals surface area contributed by atoms with Gasteiger partial charge in [0.15, 0.2) is 6.79 Å². The standard InChI is InChI=1S/C17H32O3/c1-16-12-10-8-6-4-2-3-5-7-9-11-13-17(14-16)18-15-19-20-17/h16H,2-15H2,1H3. The Morgan fingerprint density at radius 2 is 1.40 bits per heavy atom. The first kappa shape index (κ1) is 16.3. The Balaban J connectivity index is 1.82. The summed E-state index contributed by atoms with van der Waals surface area (Å²) in [6.07, 6.45) is 16.9. The molecule has 1 spiro atoms. The smallest absolute Gasteiger partial charge is 0.204 e. The summed E-state index contributed by atoms with van der Waals surface area (Å²) in [5, 5.41) is 0. The van der Waals surface area contributed by atoms with Crippen LogP contribution in [0.4, 0.5) is 0 Å². The lowest BCUT2D eigenvalue weighted by molar-refractivity contribution is -0.327. The molecule has 0 aromatic carbocycles. The fourth-order valence-electron chi connectivity index (χ4n) is 3.53. The summed E-state index contributed by atoms with van der Waals surface area (Å²) >= 11 is 0. The molecule has 0 amide bonds. The zero-order chi connectivity index (χ0) is 14.1. The van der Waals surface area contributed by atoms with Crippen LogP contribution in [0.1, 0.15) is 90.4 Å². The Hall–Kier alpha value is -0.120. The average molecular weight is 284 g/mol. The van der Waals surface area contributed by atoms with Gasteiger partial charge in [-0.25, -0.2) is 4.89 Å². The molecule has 2 rings (SSSR count). The van der Waals surface area contributed by atoms with Crippen LogP contribution in [0.2, 0.25) is 0 Å². The lowest BCUT2D eigenvalue weighted by Gasteiger charge is -2.27. The molecule has 0 aromatic rings. The molecule has 0 radical (unpaired) electrons. The third-order valence-corrected chi connectivity index (χ3v) is 4.74. The van der Waals surface area contributed by atoms with Crippen molar-refractivity contribution in [3.63, 3.8) is 0 Å². The highest BCUT2D eigenvalue weighted by molar-refractivity contribution is 4.74. The molecule has 1 aliphatic heterocycles. The Morgan fingerprint density at radius 1 is 0.800 bits per heavy atom. The van der Waals surface area contributed by atoms with Gasteiger partial charge < -0.3 is 4.74 Å². The Bertz CT molecular complexity index is 249. The van der Waals surface area contributed by atoms with Gasteiger partial charge >= 0.3 is 0 Å². The quantitative estimate of drug-likeness (QED) is 0.562. The molecule has 20 heavy (non-hydrogen) atoms. The van der Waals surface area contributed by atoms with Gasteiger partial charge in [-0.2, -0.15) is 4.89 Å². The fourth-order valence-corrected chi connectivity index (χ4v) is 3.53. The third-order valence-electron chi connectivity index (χ3n) is 4.74. The van der Waals surface area contributed by atoms with Crippen molar-refractivity contribution in [1.82, 2.24) is 0 Å². The summed E-state index contributed by atoms with van der Waals surface area (Å²) in [7, 11) is 0. The van der Waals surface area contributed by atoms with Crippen molar-refractivity contribution in [1.29, 1.82) is 0 Å². The van der Waals surface area contributed by atoms with E-state index < -0.39 is 5.79 Å². The van der Waals surface area contributed by atoms with E-state index in [1.807, 2.05) is 0 Å². The number of hydrogen-bond acceptors (Lipinski definition) is 3. The van der Waals surface area contributed by atoms with Crippen LogP contribution < -0.4 is 0 Å². The molecular formula is C17H32O3. The summed E-state index contributed by atoms with van der Waals surface area (Å²) in [4.78, 5) is 10.6. The van der Waals surface area contributed by atoms with Gasteiger partial charge in [0.2, 0.25) is 5.79 Å². The highest BCUT2D eigenvalue weighted by Gasteiger charge is 2.39. The first-order valence-corrected chi connectivity index (χ1v) is 8.75. The summed E-state index contributed by atoms with van der Waals surface area (Å²) in [6.45, 7) is 2.62. The molecule has 3 heteroatoms. The minimum absolute atomic E-state index is 0.298. The van der Waals surface area contributed by atoms with Crippen molar-refractivity contribution in [3.8, 4) is 0 Å². The number of ether oxygens (including phenoxy) is 1. The Morgan fingerprint density at radius 3 is 2.00 bits per heavy atom. The lowest BCUT2D eigenvalue weighted by atomic mass is 9.92. The molecule has 0 bridgehead atoms. The van der Waals surface area contributed by atoms with E-state index in [0.29, 0.717) is 12.7 Å². The van der Waals surface area contributed by atoms with Crippen molar-refractivity contribution in [3.05, 3.63) is 0 Å². The molecule has 3 nitrogen and oxygen atoms in total. The molecule has 2 fully saturated rings. The zero-order valence-corrected chi connectivity index (χ0v) is 13.2. The molecule has 118 valence electrons. The van der Waals surface area contributed by atoms with Crippen LogP contribution in [-0.2, 0) is 14.5 Å². The number of rotatable bonds is 0. The van der Waals surface area contributed by atoms with Crippen LogP contribution in [0.5, 0.6) is 0 Å². The third kappa shape index (κ3) is 5.71. The van der Waals surface area contributed by atoms with Gasteiger partial charge in [0.05, 0.1) is 0 Å². The molecule has 1 saturated carbocycles.